The van der Waals surface area contributed by atoms with Crippen LogP contribution >= 0.6 is 0 Å². The predicted octanol–water partition coefficient (Wildman–Crippen LogP) is 3.00. The summed E-state index contributed by atoms with van der Waals surface area (Å²) in [6, 6.07) is 4.62. The van der Waals surface area contributed by atoms with Gasteiger partial charge in [0.25, 0.3) is 0 Å². The van der Waals surface area contributed by atoms with Crippen LogP contribution in [0.25, 0.3) is 0 Å². The summed E-state index contributed by atoms with van der Waals surface area (Å²) in [5.41, 5.74) is -1.53. The number of ether oxygens (including phenoxy) is 2. The number of methoxy groups -OCH3 is 1. The molecule has 88 valence electrons. The molecule has 1 heterocycles. The van der Waals surface area contributed by atoms with Crippen molar-refractivity contribution < 1.29 is 22.6 Å². The van der Waals surface area contributed by atoms with Crippen LogP contribution < -0.4 is 4.74 Å². The van der Waals surface area contributed by atoms with Gasteiger partial charge in [0.15, 0.2) is 5.60 Å². The van der Waals surface area contributed by atoms with Gasteiger partial charge >= 0.3 is 6.18 Å². The SMILES string of the molecule is COc1ccc2c(c1)C(C)(C(F)(F)F)OC2. The van der Waals surface area contributed by atoms with Gasteiger partial charge in [-0.1, -0.05) is 6.07 Å². The lowest BCUT2D eigenvalue weighted by atomic mass is 9.93. The second-order valence-electron chi connectivity index (χ2n) is 3.84. The van der Waals surface area contributed by atoms with Crippen molar-refractivity contribution in [2.24, 2.45) is 0 Å². The molecule has 0 aliphatic carbocycles. The monoisotopic (exact) mass is 232 g/mol. The van der Waals surface area contributed by atoms with Gasteiger partial charge in [-0.25, -0.2) is 0 Å². The molecule has 0 aromatic heterocycles. The third-order valence-electron chi connectivity index (χ3n) is 2.89. The fraction of sp³-hybridized carbons (Fsp3) is 0.455. The van der Waals surface area contributed by atoms with Gasteiger partial charge in [0.05, 0.1) is 13.7 Å². The molecule has 1 aromatic carbocycles. The van der Waals surface area contributed by atoms with E-state index in [0.717, 1.165) is 6.92 Å². The van der Waals surface area contributed by atoms with Gasteiger partial charge in [0.1, 0.15) is 5.75 Å². The minimum atomic E-state index is -4.43. The van der Waals surface area contributed by atoms with Gasteiger partial charge in [0.2, 0.25) is 0 Å². The Labute approximate surface area is 91.0 Å². The van der Waals surface area contributed by atoms with Crippen LogP contribution in [0.5, 0.6) is 5.75 Å². The molecule has 1 aliphatic heterocycles. The summed E-state index contributed by atoms with van der Waals surface area (Å²) in [6.45, 7) is 1.02. The van der Waals surface area contributed by atoms with E-state index in [9.17, 15) is 13.2 Å². The summed E-state index contributed by atoms with van der Waals surface area (Å²) < 4.78 is 48.5. The van der Waals surface area contributed by atoms with Crippen LogP contribution in [-0.4, -0.2) is 13.3 Å². The highest BCUT2D eigenvalue weighted by atomic mass is 19.4. The Kier molecular flexibility index (Phi) is 2.38. The lowest BCUT2D eigenvalue weighted by Gasteiger charge is -2.27. The van der Waals surface area contributed by atoms with Crippen LogP contribution in [0, 0.1) is 0 Å². The third-order valence-corrected chi connectivity index (χ3v) is 2.89. The lowest BCUT2D eigenvalue weighted by Crippen LogP contribution is -2.38. The van der Waals surface area contributed by atoms with Gasteiger partial charge in [-0.15, -0.1) is 0 Å². The van der Waals surface area contributed by atoms with E-state index in [0.29, 0.717) is 11.3 Å². The Morgan fingerprint density at radius 2 is 2.06 bits per heavy atom. The van der Waals surface area contributed by atoms with Crippen molar-refractivity contribution in [2.75, 3.05) is 7.11 Å². The Morgan fingerprint density at radius 3 is 2.62 bits per heavy atom. The van der Waals surface area contributed by atoms with E-state index in [2.05, 4.69) is 0 Å². The summed E-state index contributed by atoms with van der Waals surface area (Å²) >= 11 is 0. The third kappa shape index (κ3) is 1.46. The molecule has 1 unspecified atom stereocenters. The molecule has 0 spiro atoms. The molecule has 0 radical (unpaired) electrons. The average Bonchev–Trinajstić information content (AvgIpc) is 2.56. The average molecular weight is 232 g/mol. The van der Waals surface area contributed by atoms with E-state index in [1.54, 1.807) is 12.1 Å². The van der Waals surface area contributed by atoms with Gasteiger partial charge in [-0.05, 0) is 24.6 Å². The van der Waals surface area contributed by atoms with Crippen LogP contribution in [0.2, 0.25) is 0 Å². The zero-order chi connectivity index (χ0) is 12.0. The van der Waals surface area contributed by atoms with Crippen molar-refractivity contribution in [2.45, 2.75) is 25.3 Å². The Hall–Kier alpha value is -1.23. The molecule has 0 saturated heterocycles. The fourth-order valence-corrected chi connectivity index (χ4v) is 1.79. The molecular formula is C11H11F3O2. The number of benzene rings is 1. The molecule has 0 N–H and O–H groups in total. The Balaban J connectivity index is 2.53. The second kappa shape index (κ2) is 3.38. The minimum absolute atomic E-state index is 0.0185. The molecule has 1 atom stereocenters. The highest BCUT2D eigenvalue weighted by Gasteiger charge is 2.57. The molecule has 0 amide bonds. The van der Waals surface area contributed by atoms with E-state index in [4.69, 9.17) is 9.47 Å². The normalized spacial score (nSPS) is 24.3. The molecule has 0 bridgehead atoms. The van der Waals surface area contributed by atoms with Crippen molar-refractivity contribution in [3.8, 4) is 5.75 Å². The number of rotatable bonds is 1. The second-order valence-corrected chi connectivity index (χ2v) is 3.84. The van der Waals surface area contributed by atoms with Crippen LogP contribution in [-0.2, 0) is 16.9 Å². The first-order valence-electron chi connectivity index (χ1n) is 4.76. The molecule has 0 fully saturated rings. The molecule has 16 heavy (non-hydrogen) atoms. The predicted molar refractivity (Wildman–Crippen MR) is 51.2 cm³/mol. The number of fused-ring (bicyclic) bond motifs is 1. The van der Waals surface area contributed by atoms with E-state index in [1.165, 1.54) is 13.2 Å². The zero-order valence-electron chi connectivity index (χ0n) is 8.89. The summed E-state index contributed by atoms with van der Waals surface area (Å²) in [7, 11) is 1.42. The number of hydrogen-bond donors (Lipinski definition) is 0. The summed E-state index contributed by atoms with van der Waals surface area (Å²) in [6.07, 6.45) is -4.43. The quantitative estimate of drug-likeness (QED) is 0.741. The van der Waals surface area contributed by atoms with E-state index < -0.39 is 11.8 Å². The first-order chi connectivity index (χ1) is 7.38. The largest absolute Gasteiger partial charge is 0.497 e. The number of halogens is 3. The summed E-state index contributed by atoms with van der Waals surface area (Å²) in [4.78, 5) is 0. The number of hydrogen-bond acceptors (Lipinski definition) is 2. The van der Waals surface area contributed by atoms with Crippen LogP contribution in [0.3, 0.4) is 0 Å². The van der Waals surface area contributed by atoms with Gasteiger partial charge in [0, 0.05) is 5.56 Å². The van der Waals surface area contributed by atoms with Crippen LogP contribution in [0.1, 0.15) is 18.1 Å². The molecule has 2 nitrogen and oxygen atoms in total. The topological polar surface area (TPSA) is 18.5 Å². The maximum absolute atomic E-state index is 12.9. The van der Waals surface area contributed by atoms with Crippen LogP contribution in [0.15, 0.2) is 18.2 Å². The van der Waals surface area contributed by atoms with E-state index in [-0.39, 0.29) is 12.2 Å². The lowest BCUT2D eigenvalue weighted by molar-refractivity contribution is -0.272. The fourth-order valence-electron chi connectivity index (χ4n) is 1.79. The van der Waals surface area contributed by atoms with Crippen molar-refractivity contribution in [3.05, 3.63) is 29.3 Å². The maximum atomic E-state index is 12.9. The van der Waals surface area contributed by atoms with Gasteiger partial charge in [-0.2, -0.15) is 13.2 Å². The molecule has 1 aromatic rings. The van der Waals surface area contributed by atoms with Crippen LogP contribution in [0.4, 0.5) is 13.2 Å². The maximum Gasteiger partial charge on any atom is 0.421 e. The zero-order valence-corrected chi connectivity index (χ0v) is 8.89. The number of alkyl halides is 3. The van der Waals surface area contributed by atoms with E-state index >= 15 is 0 Å². The summed E-state index contributed by atoms with van der Waals surface area (Å²) in [5, 5.41) is 0. The molecule has 1 aliphatic rings. The molecular weight excluding hydrogens is 221 g/mol. The molecule has 5 heteroatoms. The Bertz CT molecular complexity index is 414. The van der Waals surface area contributed by atoms with Gasteiger partial charge in [-0.3, -0.25) is 0 Å². The van der Waals surface area contributed by atoms with E-state index in [1.807, 2.05) is 0 Å². The van der Waals surface area contributed by atoms with Gasteiger partial charge < -0.3 is 9.47 Å². The van der Waals surface area contributed by atoms with Crippen molar-refractivity contribution in [3.63, 3.8) is 0 Å². The molecule has 0 saturated carbocycles. The smallest absolute Gasteiger partial charge is 0.421 e. The minimum Gasteiger partial charge on any atom is -0.497 e. The first kappa shape index (κ1) is 11.3. The first-order valence-corrected chi connectivity index (χ1v) is 4.76. The molecule has 2 rings (SSSR count). The summed E-state index contributed by atoms with van der Waals surface area (Å²) in [5.74, 6) is 0.403. The van der Waals surface area contributed by atoms with Crippen molar-refractivity contribution >= 4 is 0 Å². The highest BCUT2D eigenvalue weighted by Crippen LogP contribution is 2.48. The standard InChI is InChI=1S/C11H11F3O2/c1-10(11(12,13)14)9-5-8(15-2)4-3-7(9)6-16-10/h3-5H,6H2,1-2H3. The van der Waals surface area contributed by atoms with Crippen molar-refractivity contribution in [1.29, 1.82) is 0 Å². The van der Waals surface area contributed by atoms with Crippen molar-refractivity contribution in [1.82, 2.24) is 0 Å². The highest BCUT2D eigenvalue weighted by molar-refractivity contribution is 5.42. The Morgan fingerprint density at radius 1 is 1.38 bits per heavy atom.